The molecule has 2 fully saturated rings. The van der Waals surface area contributed by atoms with Crippen LogP contribution in [0.15, 0.2) is 36.5 Å². The molecule has 0 aliphatic carbocycles. The van der Waals surface area contributed by atoms with Gasteiger partial charge < -0.3 is 15.0 Å². The topological polar surface area (TPSA) is 89.1 Å². The summed E-state index contributed by atoms with van der Waals surface area (Å²) >= 11 is 0. The van der Waals surface area contributed by atoms with E-state index in [4.69, 9.17) is 4.74 Å². The van der Waals surface area contributed by atoms with Gasteiger partial charge in [0.25, 0.3) is 0 Å². The first-order valence-corrected chi connectivity index (χ1v) is 14.9. The number of rotatable bonds is 6. The molecule has 3 aliphatic rings. The Bertz CT molecular complexity index is 1510. The number of nitriles is 1. The fourth-order valence-corrected chi connectivity index (χ4v) is 6.86. The third kappa shape index (κ3) is 5.42. The van der Waals surface area contributed by atoms with Gasteiger partial charge >= 0.3 is 0 Å². The van der Waals surface area contributed by atoms with Gasteiger partial charge in [-0.05, 0) is 49.6 Å². The molecule has 3 aliphatic heterocycles. The zero-order valence-corrected chi connectivity index (χ0v) is 24.9. The molecule has 0 unspecified atom stereocenters. The first-order chi connectivity index (χ1) is 20.1. The number of anilines is 1. The van der Waals surface area contributed by atoms with Crippen LogP contribution in [0.25, 0.3) is 5.52 Å². The maximum Gasteiger partial charge on any atom is 0.241 e. The maximum absolute atomic E-state index is 14.2. The van der Waals surface area contributed by atoms with E-state index in [2.05, 4.69) is 60.0 Å². The number of carbonyl (C=O) groups excluding carboxylic acids is 1. The molecule has 1 amide bonds. The first kappa shape index (κ1) is 28.7. The normalized spacial score (nSPS) is 24.6. The summed E-state index contributed by atoms with van der Waals surface area (Å²) < 4.78 is 21.1. The van der Waals surface area contributed by atoms with Crippen molar-refractivity contribution >= 4 is 17.1 Å². The summed E-state index contributed by atoms with van der Waals surface area (Å²) in [6.07, 6.45) is 2.10. The average Bonchev–Trinajstić information content (AvgIpc) is 3.50. The van der Waals surface area contributed by atoms with Crippen molar-refractivity contribution in [1.82, 2.24) is 24.7 Å². The van der Waals surface area contributed by atoms with E-state index in [1.807, 2.05) is 9.42 Å². The highest BCUT2D eigenvalue weighted by atomic mass is 19.1. The SMILES string of the molecule is C[C@@H]1CN(CC(=O)N2CC(C)(C)c3c2cc(Cc2ccc(F)cc2)c2c(C#N)cnn32)[C@@H](CN2CCOC[C@H]2C)CN1. The van der Waals surface area contributed by atoms with Crippen molar-refractivity contribution in [3.63, 3.8) is 0 Å². The monoisotopic (exact) mass is 573 g/mol. The summed E-state index contributed by atoms with van der Waals surface area (Å²) in [7, 11) is 0. The fraction of sp³-hybridized carbons (Fsp3) is 0.531. The number of fused-ring (bicyclic) bond motifs is 3. The summed E-state index contributed by atoms with van der Waals surface area (Å²) in [4.78, 5) is 20.9. The van der Waals surface area contributed by atoms with Gasteiger partial charge in [-0.3, -0.25) is 14.6 Å². The minimum Gasteiger partial charge on any atom is -0.379 e. The van der Waals surface area contributed by atoms with Gasteiger partial charge in [-0.25, -0.2) is 8.91 Å². The quantitative estimate of drug-likeness (QED) is 0.485. The maximum atomic E-state index is 14.2. The lowest BCUT2D eigenvalue weighted by Gasteiger charge is -2.43. The van der Waals surface area contributed by atoms with Crippen LogP contribution in [0, 0.1) is 17.1 Å². The van der Waals surface area contributed by atoms with Crippen molar-refractivity contribution in [3.8, 4) is 6.07 Å². The zero-order chi connectivity index (χ0) is 29.6. The molecule has 222 valence electrons. The number of benzene rings is 1. The molecule has 0 radical (unpaired) electrons. The molecular weight excluding hydrogens is 533 g/mol. The Labute approximate surface area is 246 Å². The van der Waals surface area contributed by atoms with Crippen molar-refractivity contribution in [2.24, 2.45) is 0 Å². The van der Waals surface area contributed by atoms with Crippen LogP contribution >= 0.6 is 0 Å². The number of piperazine rings is 1. The Balaban J connectivity index is 1.32. The Hall–Kier alpha value is -3.36. The smallest absolute Gasteiger partial charge is 0.241 e. The predicted molar refractivity (Wildman–Crippen MR) is 159 cm³/mol. The molecule has 9 nitrogen and oxygen atoms in total. The number of hydrogen-bond acceptors (Lipinski definition) is 7. The molecule has 0 bridgehead atoms. The third-order valence-electron chi connectivity index (χ3n) is 9.07. The van der Waals surface area contributed by atoms with Crippen LogP contribution in [0.5, 0.6) is 0 Å². The second kappa shape index (κ2) is 11.4. The van der Waals surface area contributed by atoms with Crippen LogP contribution in [-0.4, -0.2) is 95.9 Å². The van der Waals surface area contributed by atoms with E-state index in [1.165, 1.54) is 12.1 Å². The van der Waals surface area contributed by atoms with Crippen molar-refractivity contribution in [1.29, 1.82) is 5.26 Å². The number of amides is 1. The highest BCUT2D eigenvalue weighted by molar-refractivity contribution is 5.98. The number of hydrogen-bond donors (Lipinski definition) is 1. The molecule has 2 aromatic heterocycles. The number of halogens is 1. The highest BCUT2D eigenvalue weighted by Crippen LogP contribution is 2.43. The molecular formula is C32H40FN7O2. The molecule has 0 spiro atoms. The van der Waals surface area contributed by atoms with Gasteiger partial charge in [0.15, 0.2) is 0 Å². The van der Waals surface area contributed by atoms with Crippen LogP contribution in [0.1, 0.15) is 50.1 Å². The molecule has 3 atom stereocenters. The molecule has 0 saturated carbocycles. The summed E-state index contributed by atoms with van der Waals surface area (Å²) in [5, 5.41) is 18.1. The van der Waals surface area contributed by atoms with E-state index < -0.39 is 0 Å². The Morgan fingerprint density at radius 3 is 2.76 bits per heavy atom. The Kier molecular flexibility index (Phi) is 7.79. The van der Waals surface area contributed by atoms with Crippen molar-refractivity contribution in [3.05, 3.63) is 64.7 Å². The molecule has 10 heteroatoms. The van der Waals surface area contributed by atoms with Gasteiger partial charge in [0.2, 0.25) is 5.91 Å². The zero-order valence-electron chi connectivity index (χ0n) is 24.9. The van der Waals surface area contributed by atoms with E-state index in [-0.39, 0.29) is 23.2 Å². The van der Waals surface area contributed by atoms with Crippen molar-refractivity contribution in [2.75, 3.05) is 57.4 Å². The average molecular weight is 574 g/mol. The van der Waals surface area contributed by atoms with E-state index >= 15 is 0 Å². The number of nitrogens with zero attached hydrogens (tertiary/aromatic N) is 6. The second-order valence-electron chi connectivity index (χ2n) is 12.8. The van der Waals surface area contributed by atoms with Gasteiger partial charge in [0.1, 0.15) is 11.9 Å². The van der Waals surface area contributed by atoms with Crippen LogP contribution in [0.4, 0.5) is 10.1 Å². The molecule has 5 heterocycles. The third-order valence-corrected chi connectivity index (χ3v) is 9.07. The number of ether oxygens (including phenoxy) is 1. The van der Waals surface area contributed by atoms with Gasteiger partial charge in [-0.1, -0.05) is 26.0 Å². The van der Waals surface area contributed by atoms with Gasteiger partial charge in [-0.15, -0.1) is 0 Å². The fourth-order valence-electron chi connectivity index (χ4n) is 6.86. The van der Waals surface area contributed by atoms with Crippen LogP contribution in [0.2, 0.25) is 0 Å². The molecule has 2 saturated heterocycles. The lowest BCUT2D eigenvalue weighted by molar-refractivity contribution is -0.121. The molecule has 42 heavy (non-hydrogen) atoms. The minimum absolute atomic E-state index is 0.0655. The van der Waals surface area contributed by atoms with Gasteiger partial charge in [-0.2, -0.15) is 10.4 Å². The standard InChI is InChI=1S/C32H40FN7O2/c1-21-16-38(27(15-35-21)17-37-9-10-42-19-22(37)2)18-29(41)39-20-32(3,4)31-28(39)12-24(11-23-5-7-26(33)8-6-23)30-25(13-34)14-36-40(30)31/h5-8,12,14,21-22,27,35H,9-11,15-20H2,1-4H3/t21-,22-,27-/m1/s1. The molecule has 1 N–H and O–H groups in total. The largest absolute Gasteiger partial charge is 0.379 e. The van der Waals surface area contributed by atoms with Crippen LogP contribution < -0.4 is 10.2 Å². The Morgan fingerprint density at radius 2 is 2.02 bits per heavy atom. The molecule has 6 rings (SSSR count). The summed E-state index contributed by atoms with van der Waals surface area (Å²) in [5.74, 6) is -0.224. The summed E-state index contributed by atoms with van der Waals surface area (Å²) in [5.41, 5.74) is 4.46. The summed E-state index contributed by atoms with van der Waals surface area (Å²) in [6, 6.07) is 11.6. The number of pyridine rings is 1. The van der Waals surface area contributed by atoms with Gasteiger partial charge in [0.05, 0.1) is 48.4 Å². The number of aromatic nitrogens is 2. The second-order valence-corrected chi connectivity index (χ2v) is 12.8. The van der Waals surface area contributed by atoms with E-state index in [0.717, 1.165) is 67.4 Å². The van der Waals surface area contributed by atoms with E-state index in [1.54, 1.807) is 18.3 Å². The first-order valence-electron chi connectivity index (χ1n) is 14.9. The number of carbonyl (C=O) groups is 1. The van der Waals surface area contributed by atoms with E-state index in [9.17, 15) is 14.4 Å². The Morgan fingerprint density at radius 1 is 1.24 bits per heavy atom. The number of nitrogens with one attached hydrogen (secondary N) is 1. The van der Waals surface area contributed by atoms with Crippen molar-refractivity contribution < 1.29 is 13.9 Å². The van der Waals surface area contributed by atoms with Gasteiger partial charge in [0, 0.05) is 56.3 Å². The lowest BCUT2D eigenvalue weighted by Crippen LogP contribution is -2.62. The minimum atomic E-state index is -0.365. The van der Waals surface area contributed by atoms with Crippen LogP contribution in [-0.2, 0) is 21.4 Å². The predicted octanol–water partition coefficient (Wildman–Crippen LogP) is 2.94. The highest BCUT2D eigenvalue weighted by Gasteiger charge is 2.42. The molecule has 3 aromatic rings. The summed E-state index contributed by atoms with van der Waals surface area (Å²) in [6.45, 7) is 14.4. The van der Waals surface area contributed by atoms with Crippen LogP contribution in [0.3, 0.4) is 0 Å². The lowest BCUT2D eigenvalue weighted by atomic mass is 9.90. The number of morpholine rings is 1. The molecule has 1 aromatic carbocycles. The van der Waals surface area contributed by atoms with Crippen molar-refractivity contribution in [2.45, 2.75) is 57.7 Å². The van der Waals surface area contributed by atoms with E-state index in [0.29, 0.717) is 37.2 Å².